The first kappa shape index (κ1) is 17.6. The molecule has 6 nitrogen and oxygen atoms in total. The Morgan fingerprint density at radius 2 is 1.86 bits per heavy atom. The van der Waals surface area contributed by atoms with Crippen molar-refractivity contribution in [3.8, 4) is 0 Å². The summed E-state index contributed by atoms with van der Waals surface area (Å²) in [5.41, 5.74) is 2.67. The predicted octanol–water partition coefficient (Wildman–Crippen LogP) is 4.55. The van der Waals surface area contributed by atoms with E-state index in [0.29, 0.717) is 23.4 Å². The predicted molar refractivity (Wildman–Crippen MR) is 105 cm³/mol. The third-order valence-electron chi connectivity index (χ3n) is 4.38. The van der Waals surface area contributed by atoms with Crippen LogP contribution in [0.5, 0.6) is 0 Å². The molecule has 0 radical (unpaired) electrons. The molecule has 0 saturated heterocycles. The van der Waals surface area contributed by atoms with E-state index in [1.54, 1.807) is 42.3 Å². The summed E-state index contributed by atoms with van der Waals surface area (Å²) in [7, 11) is 1.74. The van der Waals surface area contributed by atoms with Crippen LogP contribution < -0.4 is 5.32 Å². The number of furan rings is 2. The molecule has 0 fully saturated rings. The number of carbonyl (C=O) groups excluding carboxylic acids is 2. The quantitative estimate of drug-likeness (QED) is 0.556. The van der Waals surface area contributed by atoms with E-state index in [2.05, 4.69) is 5.32 Å². The number of hydrogen-bond acceptors (Lipinski definition) is 4. The lowest BCUT2D eigenvalue weighted by atomic mass is 10.2. The molecule has 2 heterocycles. The number of benzene rings is 2. The van der Waals surface area contributed by atoms with Crippen LogP contribution in [-0.4, -0.2) is 23.8 Å². The lowest BCUT2D eigenvalue weighted by molar-refractivity contribution is 0.0755. The summed E-state index contributed by atoms with van der Waals surface area (Å²) in [5, 5.41) is 3.53. The second-order valence-corrected chi connectivity index (χ2v) is 6.48. The zero-order valence-corrected chi connectivity index (χ0v) is 15.2. The number of nitrogens with one attached hydrogen (secondary N) is 1. The standard InChI is InChI=1S/C22H18N2O4/c1-24(13-15-5-3-2-4-6-15)22(26)20-12-17-11-18(7-8-19(17)28-20)23-21(25)16-9-10-27-14-16/h2-12,14H,13H2,1H3,(H,23,25). The van der Waals surface area contributed by atoms with Crippen molar-refractivity contribution in [2.75, 3.05) is 12.4 Å². The maximum absolute atomic E-state index is 12.7. The Labute approximate surface area is 161 Å². The number of nitrogens with zero attached hydrogens (tertiary/aromatic N) is 1. The molecule has 0 unspecified atom stereocenters. The fraction of sp³-hybridized carbons (Fsp3) is 0.0909. The molecule has 0 aliphatic heterocycles. The summed E-state index contributed by atoms with van der Waals surface area (Å²) < 4.78 is 10.6. The Balaban J connectivity index is 1.51. The Kier molecular flexibility index (Phi) is 4.68. The first-order valence-electron chi connectivity index (χ1n) is 8.77. The maximum Gasteiger partial charge on any atom is 0.289 e. The number of amides is 2. The lowest BCUT2D eigenvalue weighted by Crippen LogP contribution is -2.25. The monoisotopic (exact) mass is 374 g/mol. The zero-order chi connectivity index (χ0) is 19.5. The second kappa shape index (κ2) is 7.44. The Morgan fingerprint density at radius 1 is 1.04 bits per heavy atom. The number of anilines is 1. The molecule has 2 aromatic heterocycles. The minimum atomic E-state index is -0.268. The molecule has 0 atom stereocenters. The molecule has 0 aliphatic carbocycles. The highest BCUT2D eigenvalue weighted by molar-refractivity contribution is 6.05. The van der Waals surface area contributed by atoms with Gasteiger partial charge in [0.15, 0.2) is 5.76 Å². The largest absolute Gasteiger partial charge is 0.472 e. The minimum Gasteiger partial charge on any atom is -0.472 e. The van der Waals surface area contributed by atoms with E-state index in [4.69, 9.17) is 8.83 Å². The fourth-order valence-corrected chi connectivity index (χ4v) is 2.94. The van der Waals surface area contributed by atoms with Crippen LogP contribution in [0.4, 0.5) is 5.69 Å². The number of fused-ring (bicyclic) bond motifs is 1. The molecule has 28 heavy (non-hydrogen) atoms. The van der Waals surface area contributed by atoms with E-state index < -0.39 is 0 Å². The van der Waals surface area contributed by atoms with Crippen LogP contribution in [0.3, 0.4) is 0 Å². The molecular formula is C22H18N2O4. The van der Waals surface area contributed by atoms with Gasteiger partial charge in [-0.25, -0.2) is 0 Å². The average molecular weight is 374 g/mol. The summed E-state index contributed by atoms with van der Waals surface area (Å²) in [6.07, 6.45) is 2.82. The molecule has 2 amide bonds. The molecule has 4 rings (SSSR count). The number of hydrogen-bond donors (Lipinski definition) is 1. The van der Waals surface area contributed by atoms with Crippen LogP contribution in [0.25, 0.3) is 11.0 Å². The second-order valence-electron chi connectivity index (χ2n) is 6.48. The molecule has 2 aromatic carbocycles. The Bertz CT molecular complexity index is 1110. The van der Waals surface area contributed by atoms with Crippen LogP contribution in [0, 0.1) is 0 Å². The highest BCUT2D eigenvalue weighted by atomic mass is 16.3. The summed E-state index contributed by atoms with van der Waals surface area (Å²) in [6, 6.07) is 18.3. The first-order chi connectivity index (χ1) is 13.6. The summed E-state index contributed by atoms with van der Waals surface area (Å²) in [4.78, 5) is 26.4. The normalized spacial score (nSPS) is 10.8. The van der Waals surface area contributed by atoms with Crippen LogP contribution in [0.1, 0.15) is 26.5 Å². The smallest absolute Gasteiger partial charge is 0.289 e. The van der Waals surface area contributed by atoms with Gasteiger partial charge in [0.1, 0.15) is 11.8 Å². The number of rotatable bonds is 5. The van der Waals surface area contributed by atoms with Crippen LogP contribution in [0.15, 0.2) is 82.0 Å². The van der Waals surface area contributed by atoms with Crippen molar-refractivity contribution >= 4 is 28.5 Å². The van der Waals surface area contributed by atoms with Gasteiger partial charge in [0.25, 0.3) is 11.8 Å². The molecule has 6 heteroatoms. The highest BCUT2D eigenvalue weighted by Gasteiger charge is 2.17. The zero-order valence-electron chi connectivity index (χ0n) is 15.2. The van der Waals surface area contributed by atoms with Gasteiger partial charge in [-0.15, -0.1) is 0 Å². The van der Waals surface area contributed by atoms with E-state index in [9.17, 15) is 9.59 Å². The van der Waals surface area contributed by atoms with Crippen molar-refractivity contribution < 1.29 is 18.4 Å². The molecular weight excluding hydrogens is 356 g/mol. The van der Waals surface area contributed by atoms with Crippen molar-refractivity contribution in [2.45, 2.75) is 6.54 Å². The molecule has 1 N–H and O–H groups in total. The van der Waals surface area contributed by atoms with Crippen LogP contribution >= 0.6 is 0 Å². The maximum atomic E-state index is 12.7. The molecule has 140 valence electrons. The van der Waals surface area contributed by atoms with E-state index in [1.165, 1.54) is 12.5 Å². The Morgan fingerprint density at radius 3 is 2.61 bits per heavy atom. The highest BCUT2D eigenvalue weighted by Crippen LogP contribution is 2.24. The molecule has 0 saturated carbocycles. The van der Waals surface area contributed by atoms with E-state index in [0.717, 1.165) is 10.9 Å². The van der Waals surface area contributed by atoms with Crippen molar-refractivity contribution in [3.05, 3.63) is 90.1 Å². The average Bonchev–Trinajstić information content (AvgIpc) is 3.37. The molecule has 0 bridgehead atoms. The van der Waals surface area contributed by atoms with Gasteiger partial charge in [0.05, 0.1) is 11.8 Å². The van der Waals surface area contributed by atoms with Gasteiger partial charge in [-0.3, -0.25) is 9.59 Å². The van der Waals surface area contributed by atoms with Gasteiger partial charge in [0, 0.05) is 24.7 Å². The van der Waals surface area contributed by atoms with Gasteiger partial charge >= 0.3 is 0 Å². The van der Waals surface area contributed by atoms with Crippen molar-refractivity contribution in [1.82, 2.24) is 4.90 Å². The SMILES string of the molecule is CN(Cc1ccccc1)C(=O)c1cc2cc(NC(=O)c3ccoc3)ccc2o1. The van der Waals surface area contributed by atoms with Gasteiger partial charge in [0.2, 0.25) is 0 Å². The summed E-state index contributed by atoms with van der Waals surface area (Å²) >= 11 is 0. The lowest BCUT2D eigenvalue weighted by Gasteiger charge is -2.15. The van der Waals surface area contributed by atoms with E-state index in [-0.39, 0.29) is 17.6 Å². The van der Waals surface area contributed by atoms with Gasteiger partial charge in [-0.1, -0.05) is 30.3 Å². The molecule has 0 aliphatic rings. The van der Waals surface area contributed by atoms with Crippen LogP contribution in [0.2, 0.25) is 0 Å². The van der Waals surface area contributed by atoms with Gasteiger partial charge in [-0.05, 0) is 35.9 Å². The van der Waals surface area contributed by atoms with Crippen molar-refractivity contribution in [2.24, 2.45) is 0 Å². The minimum absolute atomic E-state index is 0.205. The van der Waals surface area contributed by atoms with E-state index in [1.807, 2.05) is 30.3 Å². The first-order valence-corrected chi connectivity index (χ1v) is 8.77. The third-order valence-corrected chi connectivity index (χ3v) is 4.38. The molecule has 4 aromatic rings. The Hall–Kier alpha value is -3.80. The topological polar surface area (TPSA) is 75.7 Å². The fourth-order valence-electron chi connectivity index (χ4n) is 2.94. The molecule has 0 spiro atoms. The number of carbonyl (C=O) groups is 2. The van der Waals surface area contributed by atoms with Gasteiger partial charge in [-0.2, -0.15) is 0 Å². The summed E-state index contributed by atoms with van der Waals surface area (Å²) in [5.74, 6) is -0.216. The third kappa shape index (κ3) is 3.66. The van der Waals surface area contributed by atoms with Gasteiger partial charge < -0.3 is 19.1 Å². The van der Waals surface area contributed by atoms with Crippen LogP contribution in [-0.2, 0) is 6.54 Å². The van der Waals surface area contributed by atoms with Crippen molar-refractivity contribution in [3.63, 3.8) is 0 Å². The summed E-state index contributed by atoms with van der Waals surface area (Å²) in [6.45, 7) is 0.489. The van der Waals surface area contributed by atoms with Crippen molar-refractivity contribution in [1.29, 1.82) is 0 Å². The van der Waals surface area contributed by atoms with E-state index >= 15 is 0 Å².